The van der Waals surface area contributed by atoms with E-state index in [0.29, 0.717) is 21.7 Å². The molecule has 1 heterocycles. The van der Waals surface area contributed by atoms with Crippen LogP contribution in [0.2, 0.25) is 5.02 Å². The van der Waals surface area contributed by atoms with Crippen LogP contribution in [0.1, 0.15) is 36.6 Å². The van der Waals surface area contributed by atoms with Crippen LogP contribution in [0.5, 0.6) is 0 Å². The number of thioether (sulfide) groups is 1. The SMILES string of the molecule is O=C(OCN1C(=O)c2ccccc2C1=O)c1ccc(CSc2ccc(Cl)cc2)cc1. The summed E-state index contributed by atoms with van der Waals surface area (Å²) in [5.41, 5.74) is 2.04. The summed E-state index contributed by atoms with van der Waals surface area (Å²) in [7, 11) is 0. The Kier molecular flexibility index (Phi) is 5.88. The van der Waals surface area contributed by atoms with Gasteiger partial charge in [0.1, 0.15) is 0 Å². The summed E-state index contributed by atoms with van der Waals surface area (Å²) < 4.78 is 5.19. The third kappa shape index (κ3) is 4.25. The Labute approximate surface area is 182 Å². The topological polar surface area (TPSA) is 63.7 Å². The molecule has 0 bridgehead atoms. The summed E-state index contributed by atoms with van der Waals surface area (Å²) in [6, 6.07) is 21.2. The molecule has 7 heteroatoms. The molecule has 1 aliphatic heterocycles. The fourth-order valence-corrected chi connectivity index (χ4v) is 3.98. The lowest BCUT2D eigenvalue weighted by atomic mass is 10.1. The molecule has 150 valence electrons. The molecule has 4 rings (SSSR count). The molecule has 0 unspecified atom stereocenters. The van der Waals surface area contributed by atoms with Gasteiger partial charge in [0, 0.05) is 15.7 Å². The van der Waals surface area contributed by atoms with Crippen molar-refractivity contribution >= 4 is 41.1 Å². The number of nitrogens with zero attached hydrogens (tertiary/aromatic N) is 1. The van der Waals surface area contributed by atoms with E-state index in [0.717, 1.165) is 21.1 Å². The average molecular weight is 438 g/mol. The molecule has 0 aliphatic carbocycles. The van der Waals surface area contributed by atoms with E-state index in [4.69, 9.17) is 16.3 Å². The number of halogens is 1. The lowest BCUT2D eigenvalue weighted by Crippen LogP contribution is -2.33. The van der Waals surface area contributed by atoms with Gasteiger partial charge in [-0.05, 0) is 54.1 Å². The third-order valence-corrected chi connectivity index (χ3v) is 5.95. The second-order valence-corrected chi connectivity index (χ2v) is 8.07. The van der Waals surface area contributed by atoms with Crippen molar-refractivity contribution in [3.63, 3.8) is 0 Å². The van der Waals surface area contributed by atoms with Crippen molar-refractivity contribution in [2.75, 3.05) is 6.73 Å². The smallest absolute Gasteiger partial charge is 0.339 e. The molecule has 0 fully saturated rings. The zero-order chi connectivity index (χ0) is 21.1. The Morgan fingerprint density at radius 2 is 1.47 bits per heavy atom. The standard InChI is InChI=1S/C23H16ClNO4S/c24-17-9-11-18(12-10-17)30-13-15-5-7-16(8-6-15)23(28)29-14-25-21(26)19-3-1-2-4-20(19)22(25)27/h1-12H,13-14H2. The molecule has 3 aromatic rings. The number of hydrogen-bond donors (Lipinski definition) is 0. The summed E-state index contributed by atoms with van der Waals surface area (Å²) in [5.74, 6) is -0.772. The van der Waals surface area contributed by atoms with Gasteiger partial charge in [0.2, 0.25) is 0 Å². The van der Waals surface area contributed by atoms with Crippen LogP contribution in [0.4, 0.5) is 0 Å². The minimum absolute atomic E-state index is 0.320. The Balaban J connectivity index is 1.32. The van der Waals surface area contributed by atoms with E-state index < -0.39 is 24.5 Å². The first-order chi connectivity index (χ1) is 14.5. The molecule has 30 heavy (non-hydrogen) atoms. The van der Waals surface area contributed by atoms with Gasteiger partial charge in [0.25, 0.3) is 11.8 Å². The zero-order valence-corrected chi connectivity index (χ0v) is 17.3. The predicted octanol–water partition coefficient (Wildman–Crippen LogP) is 5.04. The summed E-state index contributed by atoms with van der Waals surface area (Å²) in [6.07, 6.45) is 0. The molecule has 0 N–H and O–H groups in total. The molecule has 2 amide bonds. The van der Waals surface area contributed by atoms with Crippen LogP contribution in [0.15, 0.2) is 77.7 Å². The maximum absolute atomic E-state index is 12.3. The number of carbonyl (C=O) groups excluding carboxylic acids is 3. The Hall–Kier alpha value is -3.09. The van der Waals surface area contributed by atoms with Gasteiger partial charge >= 0.3 is 5.97 Å². The van der Waals surface area contributed by atoms with Crippen LogP contribution < -0.4 is 0 Å². The minimum Gasteiger partial charge on any atom is -0.440 e. The highest BCUT2D eigenvalue weighted by atomic mass is 35.5. The molecule has 0 aromatic heterocycles. The van der Waals surface area contributed by atoms with E-state index in [-0.39, 0.29) is 0 Å². The number of carbonyl (C=O) groups is 3. The normalized spacial score (nSPS) is 12.8. The fourth-order valence-electron chi connectivity index (χ4n) is 3.00. The molecule has 1 aliphatic rings. The Bertz CT molecular complexity index is 1080. The first-order valence-electron chi connectivity index (χ1n) is 9.12. The second kappa shape index (κ2) is 8.73. The maximum atomic E-state index is 12.3. The largest absolute Gasteiger partial charge is 0.440 e. The first-order valence-corrected chi connectivity index (χ1v) is 10.5. The summed E-state index contributed by atoms with van der Waals surface area (Å²) in [4.78, 5) is 39.0. The lowest BCUT2D eigenvalue weighted by molar-refractivity contribution is 0.0228. The van der Waals surface area contributed by atoms with Crippen molar-refractivity contribution in [2.24, 2.45) is 0 Å². The number of rotatable bonds is 6. The number of esters is 1. The van der Waals surface area contributed by atoms with Crippen LogP contribution in [-0.2, 0) is 10.5 Å². The number of ether oxygens (including phenoxy) is 1. The molecule has 0 saturated heterocycles. The van der Waals surface area contributed by atoms with E-state index in [9.17, 15) is 14.4 Å². The highest BCUT2D eigenvalue weighted by Gasteiger charge is 2.35. The van der Waals surface area contributed by atoms with Gasteiger partial charge in [-0.15, -0.1) is 11.8 Å². The van der Waals surface area contributed by atoms with E-state index in [1.165, 1.54) is 0 Å². The molecule has 0 radical (unpaired) electrons. The molecule has 0 saturated carbocycles. The van der Waals surface area contributed by atoms with Gasteiger partial charge in [-0.2, -0.15) is 0 Å². The zero-order valence-electron chi connectivity index (χ0n) is 15.7. The highest BCUT2D eigenvalue weighted by Crippen LogP contribution is 2.25. The van der Waals surface area contributed by atoms with Crippen LogP contribution in [0.25, 0.3) is 0 Å². The van der Waals surface area contributed by atoms with E-state index in [1.54, 1.807) is 48.2 Å². The van der Waals surface area contributed by atoms with Gasteiger partial charge in [0.05, 0.1) is 16.7 Å². The van der Waals surface area contributed by atoms with Crippen LogP contribution in [-0.4, -0.2) is 29.4 Å². The quantitative estimate of drug-likeness (QED) is 0.307. The highest BCUT2D eigenvalue weighted by molar-refractivity contribution is 7.98. The minimum atomic E-state index is -0.594. The number of benzene rings is 3. The van der Waals surface area contributed by atoms with E-state index in [2.05, 4.69) is 0 Å². The van der Waals surface area contributed by atoms with Gasteiger partial charge in [-0.1, -0.05) is 35.9 Å². The monoisotopic (exact) mass is 437 g/mol. The Morgan fingerprint density at radius 3 is 2.07 bits per heavy atom. The maximum Gasteiger partial charge on any atom is 0.339 e. The molecule has 0 spiro atoms. The lowest BCUT2D eigenvalue weighted by Gasteiger charge is -2.14. The van der Waals surface area contributed by atoms with Crippen molar-refractivity contribution < 1.29 is 19.1 Å². The summed E-state index contributed by atoms with van der Waals surface area (Å²) in [5, 5.41) is 0.698. The number of imide groups is 1. The summed E-state index contributed by atoms with van der Waals surface area (Å²) in [6.45, 7) is -0.417. The average Bonchev–Trinajstić information content (AvgIpc) is 3.02. The number of amides is 2. The van der Waals surface area contributed by atoms with Crippen molar-refractivity contribution in [3.05, 3.63) is 100 Å². The summed E-state index contributed by atoms with van der Waals surface area (Å²) >= 11 is 7.55. The second-order valence-electron chi connectivity index (χ2n) is 6.58. The molecule has 0 atom stereocenters. The van der Waals surface area contributed by atoms with Crippen LogP contribution in [0, 0.1) is 0 Å². The third-order valence-electron chi connectivity index (χ3n) is 4.61. The molecular formula is C23H16ClNO4S. The van der Waals surface area contributed by atoms with E-state index >= 15 is 0 Å². The van der Waals surface area contributed by atoms with Crippen molar-refractivity contribution in [2.45, 2.75) is 10.6 Å². The molecule has 3 aromatic carbocycles. The number of hydrogen-bond acceptors (Lipinski definition) is 5. The van der Waals surface area contributed by atoms with E-state index in [1.807, 2.05) is 36.4 Å². The van der Waals surface area contributed by atoms with Gasteiger partial charge in [-0.25, -0.2) is 9.69 Å². The van der Waals surface area contributed by atoms with Gasteiger partial charge < -0.3 is 4.74 Å². The van der Waals surface area contributed by atoms with Gasteiger partial charge in [0.15, 0.2) is 6.73 Å². The fraction of sp³-hybridized carbons (Fsp3) is 0.0870. The van der Waals surface area contributed by atoms with Crippen LogP contribution >= 0.6 is 23.4 Å². The molecule has 5 nitrogen and oxygen atoms in total. The molecular weight excluding hydrogens is 422 g/mol. The van der Waals surface area contributed by atoms with Crippen LogP contribution in [0.3, 0.4) is 0 Å². The Morgan fingerprint density at radius 1 is 0.867 bits per heavy atom. The van der Waals surface area contributed by atoms with Gasteiger partial charge in [-0.3, -0.25) is 9.59 Å². The van der Waals surface area contributed by atoms with Crippen molar-refractivity contribution in [1.29, 1.82) is 0 Å². The first kappa shape index (κ1) is 20.2. The van der Waals surface area contributed by atoms with Crippen molar-refractivity contribution in [1.82, 2.24) is 4.90 Å². The number of fused-ring (bicyclic) bond motifs is 1. The predicted molar refractivity (Wildman–Crippen MR) is 115 cm³/mol. The van der Waals surface area contributed by atoms with Crippen molar-refractivity contribution in [3.8, 4) is 0 Å².